The fourth-order valence-electron chi connectivity index (χ4n) is 0.870. The van der Waals surface area contributed by atoms with Crippen molar-refractivity contribution in [3.63, 3.8) is 0 Å². The number of alkyl halides is 5. The largest absolute Gasteiger partial charge is 0.598 e. The normalized spacial score (nSPS) is 17.3. The zero-order chi connectivity index (χ0) is 13.9. The first-order valence-corrected chi connectivity index (χ1v) is 6.11. The van der Waals surface area contributed by atoms with E-state index in [1.807, 2.05) is 0 Å². The van der Waals surface area contributed by atoms with Crippen molar-refractivity contribution < 1.29 is 26.5 Å². The highest BCUT2D eigenvalue weighted by atomic mass is 32.2. The lowest BCUT2D eigenvalue weighted by molar-refractivity contribution is -0.138. The zero-order valence-corrected chi connectivity index (χ0v) is 10.6. The van der Waals surface area contributed by atoms with Crippen molar-refractivity contribution in [2.75, 3.05) is 0 Å². The van der Waals surface area contributed by atoms with E-state index in [2.05, 4.69) is 4.72 Å². The molecule has 0 saturated heterocycles. The topological polar surface area (TPSA) is 35.1 Å². The van der Waals surface area contributed by atoms with Crippen LogP contribution in [-0.4, -0.2) is 27.9 Å². The Hall–Kier alpha value is -0.0800. The Morgan fingerprint density at radius 1 is 1.18 bits per heavy atom. The number of rotatable bonds is 5. The molecule has 0 spiro atoms. The second-order valence-corrected chi connectivity index (χ2v) is 6.59. The molecule has 0 bridgehead atoms. The van der Waals surface area contributed by atoms with E-state index in [4.69, 9.17) is 0 Å². The first-order chi connectivity index (χ1) is 7.43. The fourth-order valence-corrected chi connectivity index (χ4v) is 1.72. The monoisotopic (exact) mass is 281 g/mol. The molecule has 0 saturated carbocycles. The summed E-state index contributed by atoms with van der Waals surface area (Å²) in [6, 6.07) is -1.71. The number of halogens is 5. The van der Waals surface area contributed by atoms with Crippen LogP contribution >= 0.6 is 0 Å². The maximum absolute atomic E-state index is 12.5. The Bertz CT molecular complexity index is 228. The summed E-state index contributed by atoms with van der Waals surface area (Å²) in [6.07, 6.45) is -9.58. The molecule has 0 aliphatic rings. The molecule has 0 fully saturated rings. The minimum atomic E-state index is -4.49. The van der Waals surface area contributed by atoms with Crippen LogP contribution in [0.15, 0.2) is 0 Å². The highest BCUT2D eigenvalue weighted by Crippen LogP contribution is 2.25. The van der Waals surface area contributed by atoms with Crippen LogP contribution < -0.4 is 4.72 Å². The van der Waals surface area contributed by atoms with Crippen LogP contribution in [-0.2, 0) is 11.4 Å². The third-order valence-corrected chi connectivity index (χ3v) is 3.49. The molecule has 17 heavy (non-hydrogen) atoms. The minimum Gasteiger partial charge on any atom is -0.598 e. The van der Waals surface area contributed by atoms with Crippen LogP contribution in [0.4, 0.5) is 22.0 Å². The lowest BCUT2D eigenvalue weighted by Gasteiger charge is -2.27. The van der Waals surface area contributed by atoms with Gasteiger partial charge >= 0.3 is 6.18 Å². The second-order valence-electron chi connectivity index (χ2n) is 4.59. The van der Waals surface area contributed by atoms with Gasteiger partial charge in [0.2, 0.25) is 0 Å². The summed E-state index contributed by atoms with van der Waals surface area (Å²) in [4.78, 5) is 0. The van der Waals surface area contributed by atoms with Gasteiger partial charge in [-0.2, -0.15) is 13.2 Å². The number of nitrogens with one attached hydrogen (secondary N) is 1. The van der Waals surface area contributed by atoms with Gasteiger partial charge in [-0.15, -0.1) is 4.72 Å². The summed E-state index contributed by atoms with van der Waals surface area (Å²) in [6.45, 7) is 4.63. The Labute approximate surface area is 100 Å². The van der Waals surface area contributed by atoms with Gasteiger partial charge in [0, 0.05) is 17.8 Å². The predicted octanol–water partition coefficient (Wildman–Crippen LogP) is 3.01. The highest BCUT2D eigenvalue weighted by molar-refractivity contribution is 7.90. The van der Waals surface area contributed by atoms with E-state index < -0.39 is 47.6 Å². The van der Waals surface area contributed by atoms with Crippen molar-refractivity contribution in [1.82, 2.24) is 4.72 Å². The van der Waals surface area contributed by atoms with Crippen molar-refractivity contribution >= 4 is 11.4 Å². The van der Waals surface area contributed by atoms with Crippen molar-refractivity contribution in [2.24, 2.45) is 0 Å². The Morgan fingerprint density at radius 3 is 1.94 bits per heavy atom. The molecule has 0 rings (SSSR count). The van der Waals surface area contributed by atoms with E-state index in [9.17, 15) is 26.5 Å². The minimum absolute atomic E-state index is 0.789. The summed E-state index contributed by atoms with van der Waals surface area (Å²) in [5, 5.41) is 0. The summed E-state index contributed by atoms with van der Waals surface area (Å²) >= 11 is -1.81. The molecule has 104 valence electrons. The Kier molecular flexibility index (Phi) is 6.16. The van der Waals surface area contributed by atoms with E-state index in [0.717, 1.165) is 0 Å². The predicted molar refractivity (Wildman–Crippen MR) is 56.1 cm³/mol. The Morgan fingerprint density at radius 2 is 1.65 bits per heavy atom. The first kappa shape index (κ1) is 16.9. The molecule has 0 aliphatic heterocycles. The molecule has 8 heteroatoms. The third kappa shape index (κ3) is 7.77. The molecular weight excluding hydrogens is 265 g/mol. The molecule has 2 nitrogen and oxygen atoms in total. The van der Waals surface area contributed by atoms with Crippen molar-refractivity contribution in [2.45, 2.75) is 57.0 Å². The van der Waals surface area contributed by atoms with Gasteiger partial charge in [0.1, 0.15) is 10.8 Å². The van der Waals surface area contributed by atoms with Crippen LogP contribution in [0.2, 0.25) is 0 Å². The van der Waals surface area contributed by atoms with Gasteiger partial charge < -0.3 is 4.55 Å². The molecule has 0 aromatic rings. The van der Waals surface area contributed by atoms with Crippen LogP contribution in [0, 0.1) is 0 Å². The van der Waals surface area contributed by atoms with E-state index in [0.29, 0.717) is 0 Å². The Balaban J connectivity index is 4.36. The quantitative estimate of drug-likeness (QED) is 0.621. The molecule has 1 unspecified atom stereocenters. The smallest absolute Gasteiger partial charge is 0.389 e. The van der Waals surface area contributed by atoms with Crippen LogP contribution in [0.5, 0.6) is 0 Å². The molecule has 0 radical (unpaired) electrons. The molecule has 0 aromatic carbocycles. The van der Waals surface area contributed by atoms with Crippen molar-refractivity contribution in [1.29, 1.82) is 0 Å². The molecule has 0 heterocycles. The average molecular weight is 281 g/mol. The van der Waals surface area contributed by atoms with Crippen LogP contribution in [0.3, 0.4) is 0 Å². The standard InChI is InChI=1S/C9H16F5NOS/c1-8(2,3)17(16)15-6(7(10)11)4-5-9(12,13)14/h6-7,15H,4-5H2,1-3H3/t6-,17?/m0/s1. The van der Waals surface area contributed by atoms with Gasteiger partial charge in [-0.3, -0.25) is 0 Å². The van der Waals surface area contributed by atoms with E-state index in [1.165, 1.54) is 0 Å². The van der Waals surface area contributed by atoms with Gasteiger partial charge in [0.15, 0.2) is 0 Å². The SMILES string of the molecule is CC(C)(C)[S+]([O-])N[C@@H](CCC(F)(F)F)C(F)F. The number of hydrogen-bond donors (Lipinski definition) is 1. The van der Waals surface area contributed by atoms with Gasteiger partial charge in [0.05, 0.1) is 0 Å². The lowest BCUT2D eigenvalue weighted by Crippen LogP contribution is -2.47. The fraction of sp³-hybridized carbons (Fsp3) is 1.00. The maximum atomic E-state index is 12.5. The molecular formula is C9H16F5NOS. The molecule has 0 amide bonds. The lowest BCUT2D eigenvalue weighted by atomic mass is 10.2. The summed E-state index contributed by atoms with van der Waals surface area (Å²) in [5.74, 6) is 0. The van der Waals surface area contributed by atoms with Crippen LogP contribution in [0.25, 0.3) is 0 Å². The molecule has 1 N–H and O–H groups in total. The molecule has 0 aromatic heterocycles. The highest BCUT2D eigenvalue weighted by Gasteiger charge is 2.36. The van der Waals surface area contributed by atoms with Gasteiger partial charge in [-0.1, -0.05) is 0 Å². The number of hydrogen-bond acceptors (Lipinski definition) is 2. The average Bonchev–Trinajstić information content (AvgIpc) is 2.07. The van der Waals surface area contributed by atoms with Crippen LogP contribution in [0.1, 0.15) is 33.6 Å². The maximum Gasteiger partial charge on any atom is 0.389 e. The summed E-state index contributed by atoms with van der Waals surface area (Å²) < 4.78 is 73.4. The van der Waals surface area contributed by atoms with Gasteiger partial charge in [0.25, 0.3) is 6.43 Å². The van der Waals surface area contributed by atoms with E-state index >= 15 is 0 Å². The van der Waals surface area contributed by atoms with Gasteiger partial charge in [-0.05, 0) is 27.2 Å². The molecule has 0 aliphatic carbocycles. The summed E-state index contributed by atoms with van der Waals surface area (Å²) in [7, 11) is 0. The van der Waals surface area contributed by atoms with E-state index in [-0.39, 0.29) is 0 Å². The van der Waals surface area contributed by atoms with Crippen molar-refractivity contribution in [3.05, 3.63) is 0 Å². The third-order valence-electron chi connectivity index (χ3n) is 1.86. The summed E-state index contributed by atoms with van der Waals surface area (Å²) in [5.41, 5.74) is 0. The van der Waals surface area contributed by atoms with E-state index in [1.54, 1.807) is 20.8 Å². The van der Waals surface area contributed by atoms with Crippen molar-refractivity contribution in [3.8, 4) is 0 Å². The van der Waals surface area contributed by atoms with Gasteiger partial charge in [-0.25, -0.2) is 8.78 Å². The zero-order valence-electron chi connectivity index (χ0n) is 9.78. The first-order valence-electron chi connectivity index (χ1n) is 4.96. The molecule has 2 atom stereocenters. The second kappa shape index (κ2) is 6.19.